The first kappa shape index (κ1) is 9.39. The van der Waals surface area contributed by atoms with Crippen molar-refractivity contribution in [3.63, 3.8) is 0 Å². The minimum absolute atomic E-state index is 0.144. The summed E-state index contributed by atoms with van der Waals surface area (Å²) in [6.45, 7) is 0. The van der Waals surface area contributed by atoms with Gasteiger partial charge in [0, 0.05) is 10.9 Å². The van der Waals surface area contributed by atoms with Gasteiger partial charge in [-0.05, 0) is 11.6 Å². The Labute approximate surface area is 78.7 Å². The lowest BCUT2D eigenvalue weighted by Gasteiger charge is -2.02. The Morgan fingerprint density at radius 1 is 1.50 bits per heavy atom. The van der Waals surface area contributed by atoms with Gasteiger partial charge in [-0.1, -0.05) is 34.1 Å². The Morgan fingerprint density at radius 3 is 2.75 bits per heavy atom. The predicted molar refractivity (Wildman–Crippen MR) is 48.8 cm³/mol. The first-order valence-electron chi connectivity index (χ1n) is 3.57. The van der Waals surface area contributed by atoms with E-state index in [1.165, 1.54) is 0 Å². The summed E-state index contributed by atoms with van der Waals surface area (Å²) in [5.41, 5.74) is 0.817. The van der Waals surface area contributed by atoms with Crippen molar-refractivity contribution in [2.75, 3.05) is 0 Å². The van der Waals surface area contributed by atoms with E-state index in [0.29, 0.717) is 6.29 Å². The average Bonchev–Trinajstić information content (AvgIpc) is 2.09. The van der Waals surface area contributed by atoms with Gasteiger partial charge in [-0.2, -0.15) is 0 Å². The predicted octanol–water partition coefficient (Wildman–Crippen LogP) is 2.53. The monoisotopic (exact) mass is 230 g/mol. The number of hydrogen-bond acceptors (Lipinski definition) is 1. The standard InChI is InChI=1S/C9H8BrFO/c10-9-4-2-1-3-7(9)5-8(11)6-12/h1-4,6,8H,5H2. The third-order valence-corrected chi connectivity index (χ3v) is 2.29. The van der Waals surface area contributed by atoms with Crippen LogP contribution in [0.3, 0.4) is 0 Å². The highest BCUT2D eigenvalue weighted by atomic mass is 79.9. The van der Waals surface area contributed by atoms with E-state index in [0.717, 1.165) is 10.0 Å². The number of carbonyl (C=O) groups excluding carboxylic acids is 1. The molecule has 0 amide bonds. The molecule has 1 nitrogen and oxygen atoms in total. The van der Waals surface area contributed by atoms with Crippen LogP contribution in [0.25, 0.3) is 0 Å². The number of alkyl halides is 1. The molecule has 3 heteroatoms. The Kier molecular flexibility index (Phi) is 3.41. The molecule has 0 heterocycles. The molecule has 1 aromatic rings. The van der Waals surface area contributed by atoms with Crippen molar-refractivity contribution in [3.8, 4) is 0 Å². The minimum Gasteiger partial charge on any atom is -0.300 e. The van der Waals surface area contributed by atoms with Crippen LogP contribution in [0.2, 0.25) is 0 Å². The maximum absolute atomic E-state index is 12.6. The Morgan fingerprint density at radius 2 is 2.17 bits per heavy atom. The zero-order chi connectivity index (χ0) is 8.97. The highest BCUT2D eigenvalue weighted by Gasteiger charge is 2.07. The second-order valence-corrected chi connectivity index (χ2v) is 3.30. The number of aldehydes is 1. The molecule has 0 aromatic heterocycles. The van der Waals surface area contributed by atoms with Crippen molar-refractivity contribution in [3.05, 3.63) is 34.3 Å². The summed E-state index contributed by atoms with van der Waals surface area (Å²) in [5.74, 6) is 0. The van der Waals surface area contributed by atoms with Gasteiger partial charge >= 0.3 is 0 Å². The molecular formula is C9H8BrFO. The van der Waals surface area contributed by atoms with Crippen molar-refractivity contribution in [2.45, 2.75) is 12.6 Å². The van der Waals surface area contributed by atoms with Gasteiger partial charge in [-0.25, -0.2) is 4.39 Å². The largest absolute Gasteiger partial charge is 0.300 e. The fourth-order valence-corrected chi connectivity index (χ4v) is 1.37. The van der Waals surface area contributed by atoms with E-state index in [2.05, 4.69) is 15.9 Å². The SMILES string of the molecule is O=CC(F)Cc1ccccc1Br. The van der Waals surface area contributed by atoms with E-state index in [1.807, 2.05) is 18.2 Å². The molecule has 12 heavy (non-hydrogen) atoms. The van der Waals surface area contributed by atoms with Crippen LogP contribution in [0, 0.1) is 0 Å². The summed E-state index contributed by atoms with van der Waals surface area (Å²) in [4.78, 5) is 10.0. The van der Waals surface area contributed by atoms with Crippen LogP contribution in [0.4, 0.5) is 4.39 Å². The lowest BCUT2D eigenvalue weighted by Crippen LogP contribution is -2.05. The fraction of sp³-hybridized carbons (Fsp3) is 0.222. The van der Waals surface area contributed by atoms with Gasteiger partial charge in [-0.3, -0.25) is 0 Å². The normalized spacial score (nSPS) is 12.5. The number of halogens is 2. The highest BCUT2D eigenvalue weighted by molar-refractivity contribution is 9.10. The summed E-state index contributed by atoms with van der Waals surface area (Å²) in [7, 11) is 0. The Bertz CT molecular complexity index is 275. The summed E-state index contributed by atoms with van der Waals surface area (Å²) in [5, 5.41) is 0. The van der Waals surface area contributed by atoms with Crippen LogP contribution < -0.4 is 0 Å². The van der Waals surface area contributed by atoms with Gasteiger partial charge in [0.2, 0.25) is 0 Å². The van der Waals surface area contributed by atoms with E-state index in [4.69, 9.17) is 0 Å². The van der Waals surface area contributed by atoms with E-state index < -0.39 is 6.17 Å². The van der Waals surface area contributed by atoms with E-state index in [-0.39, 0.29) is 6.42 Å². The number of benzene rings is 1. The third-order valence-electron chi connectivity index (χ3n) is 1.52. The molecule has 0 saturated heterocycles. The first-order chi connectivity index (χ1) is 5.74. The molecule has 0 saturated carbocycles. The third kappa shape index (κ3) is 2.41. The Hall–Kier alpha value is -0.700. The number of carbonyl (C=O) groups is 1. The molecule has 0 spiro atoms. The molecule has 0 aliphatic heterocycles. The van der Waals surface area contributed by atoms with E-state index in [9.17, 15) is 9.18 Å². The molecule has 1 unspecified atom stereocenters. The van der Waals surface area contributed by atoms with Crippen LogP contribution >= 0.6 is 15.9 Å². The molecule has 0 fully saturated rings. The van der Waals surface area contributed by atoms with Crippen molar-refractivity contribution < 1.29 is 9.18 Å². The van der Waals surface area contributed by atoms with Gasteiger partial charge in [0.1, 0.15) is 0 Å². The van der Waals surface area contributed by atoms with Crippen molar-refractivity contribution >= 4 is 22.2 Å². The summed E-state index contributed by atoms with van der Waals surface area (Å²) < 4.78 is 13.5. The molecule has 1 rings (SSSR count). The molecule has 64 valence electrons. The zero-order valence-corrected chi connectivity index (χ0v) is 7.92. The molecule has 1 aromatic carbocycles. The van der Waals surface area contributed by atoms with E-state index in [1.54, 1.807) is 6.07 Å². The smallest absolute Gasteiger partial charge is 0.159 e. The second-order valence-electron chi connectivity index (χ2n) is 2.45. The minimum atomic E-state index is -1.40. The summed E-state index contributed by atoms with van der Waals surface area (Å²) >= 11 is 3.27. The summed E-state index contributed by atoms with van der Waals surface area (Å²) in [6, 6.07) is 7.28. The molecule has 0 radical (unpaired) electrons. The topological polar surface area (TPSA) is 17.1 Å². The molecule has 0 aliphatic rings. The lowest BCUT2D eigenvalue weighted by molar-refractivity contribution is -0.111. The van der Waals surface area contributed by atoms with Crippen molar-refractivity contribution in [1.82, 2.24) is 0 Å². The van der Waals surface area contributed by atoms with Crippen LogP contribution in [-0.4, -0.2) is 12.5 Å². The average molecular weight is 231 g/mol. The highest BCUT2D eigenvalue weighted by Crippen LogP contribution is 2.17. The van der Waals surface area contributed by atoms with Gasteiger partial charge < -0.3 is 4.79 Å². The van der Waals surface area contributed by atoms with Gasteiger partial charge in [-0.15, -0.1) is 0 Å². The van der Waals surface area contributed by atoms with Crippen LogP contribution in [-0.2, 0) is 11.2 Å². The van der Waals surface area contributed by atoms with Crippen LogP contribution in [0.15, 0.2) is 28.7 Å². The van der Waals surface area contributed by atoms with Crippen molar-refractivity contribution in [2.24, 2.45) is 0 Å². The van der Waals surface area contributed by atoms with Gasteiger partial charge in [0.05, 0.1) is 0 Å². The maximum Gasteiger partial charge on any atom is 0.159 e. The van der Waals surface area contributed by atoms with Gasteiger partial charge in [0.25, 0.3) is 0 Å². The molecule has 0 N–H and O–H groups in total. The van der Waals surface area contributed by atoms with Crippen molar-refractivity contribution in [1.29, 1.82) is 0 Å². The fourth-order valence-electron chi connectivity index (χ4n) is 0.922. The molecule has 0 bridgehead atoms. The number of rotatable bonds is 3. The quantitative estimate of drug-likeness (QED) is 0.730. The molecule has 1 atom stereocenters. The molecular weight excluding hydrogens is 223 g/mol. The number of hydrogen-bond donors (Lipinski definition) is 0. The summed E-state index contributed by atoms with van der Waals surface area (Å²) in [6.07, 6.45) is -0.937. The molecule has 0 aliphatic carbocycles. The van der Waals surface area contributed by atoms with Crippen LogP contribution in [0.1, 0.15) is 5.56 Å². The lowest BCUT2D eigenvalue weighted by atomic mass is 10.1. The van der Waals surface area contributed by atoms with Gasteiger partial charge in [0.15, 0.2) is 12.5 Å². The van der Waals surface area contributed by atoms with E-state index >= 15 is 0 Å². The first-order valence-corrected chi connectivity index (χ1v) is 4.36. The maximum atomic E-state index is 12.6. The van der Waals surface area contributed by atoms with Crippen LogP contribution in [0.5, 0.6) is 0 Å². The zero-order valence-electron chi connectivity index (χ0n) is 6.34. The second kappa shape index (κ2) is 4.36. The Balaban J connectivity index is 2.75.